The first-order valence-corrected chi connectivity index (χ1v) is 7.64. The van der Waals surface area contributed by atoms with Gasteiger partial charge < -0.3 is 35.1 Å². The number of methoxy groups -OCH3 is 1. The van der Waals surface area contributed by atoms with E-state index in [1.807, 2.05) is 0 Å². The number of allylic oxidation sites excluding steroid dienone is 1. The van der Waals surface area contributed by atoms with E-state index in [2.05, 4.69) is 9.18 Å². The molecule has 5 N–H and O–H groups in total. The van der Waals surface area contributed by atoms with Crippen molar-refractivity contribution in [2.45, 2.75) is 24.5 Å². The van der Waals surface area contributed by atoms with Gasteiger partial charge in [-0.15, -0.1) is 0 Å². The van der Waals surface area contributed by atoms with Crippen molar-refractivity contribution in [3.05, 3.63) is 11.5 Å². The number of nitrogens with one attached hydrogen (secondary N) is 1. The molecule has 0 fully saturated rings. The molecule has 1 aliphatic carbocycles. The summed E-state index contributed by atoms with van der Waals surface area (Å²) < 4.78 is 40.6. The predicted molar refractivity (Wildman–Crippen MR) is 69.9 cm³/mol. The molecule has 0 saturated carbocycles. The fourth-order valence-corrected chi connectivity index (χ4v) is 2.51. The molecule has 2 unspecified atom stereocenters. The van der Waals surface area contributed by atoms with Crippen LogP contribution in [0, 0.1) is 0 Å². The van der Waals surface area contributed by atoms with E-state index in [0.29, 0.717) is 0 Å². The second-order valence-corrected chi connectivity index (χ2v) is 6.04. The predicted octanol–water partition coefficient (Wildman–Crippen LogP) is -5.56. The normalized spacial score (nSPS) is 25.5. The van der Waals surface area contributed by atoms with E-state index in [-0.39, 0.29) is 30.0 Å². The van der Waals surface area contributed by atoms with Crippen molar-refractivity contribution >= 4 is 22.1 Å². The van der Waals surface area contributed by atoms with Crippen LogP contribution in [0.15, 0.2) is 11.5 Å². The van der Waals surface area contributed by atoms with Gasteiger partial charge in [-0.1, -0.05) is 0 Å². The van der Waals surface area contributed by atoms with Crippen molar-refractivity contribution < 1.29 is 47.0 Å². The second kappa shape index (κ2) is 7.23. The molecular weight excluding hydrogens is 336 g/mol. The fourth-order valence-electron chi connectivity index (χ4n) is 2.14. The van der Waals surface area contributed by atoms with E-state index in [0.717, 1.165) is 0 Å². The number of rotatable bonds is 7. The Kier molecular flexibility index (Phi) is 6.07. The maximum absolute atomic E-state index is 10.9. The van der Waals surface area contributed by atoms with Crippen LogP contribution < -0.4 is 15.8 Å². The van der Waals surface area contributed by atoms with Gasteiger partial charge in [0.1, 0.15) is 18.2 Å². The topological polar surface area (TPSA) is 196 Å². The molecule has 0 aromatic heterocycles. The van der Waals surface area contributed by atoms with Gasteiger partial charge in [-0.05, 0) is 0 Å². The summed E-state index contributed by atoms with van der Waals surface area (Å²) in [4.78, 5) is 13.2. The average Bonchev–Trinajstić information content (AvgIpc) is 2.41. The Morgan fingerprint density at radius 3 is 2.57 bits per heavy atom. The molecule has 0 amide bonds. The number of ether oxygens (including phenoxy) is 1. The van der Waals surface area contributed by atoms with Crippen molar-refractivity contribution in [1.29, 1.82) is 0 Å². The fraction of sp³-hybridized carbons (Fsp3) is 0.636. The SMILES string of the molecule is COC1=C(N)CC(O)(COS(=O)(=O)[O-])CC1=[NH+]C(CO)C(=O)[O-]. The first kappa shape index (κ1) is 19.3. The minimum absolute atomic E-state index is 0.00565. The van der Waals surface area contributed by atoms with Crippen LogP contribution >= 0.6 is 0 Å². The van der Waals surface area contributed by atoms with Gasteiger partial charge in [0.15, 0.2) is 0 Å². The molecule has 0 heterocycles. The first-order valence-electron chi connectivity index (χ1n) is 6.31. The Bertz CT molecular complexity index is 627. The highest BCUT2D eigenvalue weighted by atomic mass is 32.3. The van der Waals surface area contributed by atoms with Crippen LogP contribution in [0.1, 0.15) is 12.8 Å². The van der Waals surface area contributed by atoms with Gasteiger partial charge in [-0.2, -0.15) is 0 Å². The Morgan fingerprint density at radius 2 is 2.13 bits per heavy atom. The molecule has 0 aromatic carbocycles. The maximum atomic E-state index is 10.9. The minimum atomic E-state index is -5.03. The summed E-state index contributed by atoms with van der Waals surface area (Å²) in [5.74, 6) is -1.57. The standard InChI is InChI=1S/C11H18N2O9S/c1-21-9-6(12)2-11(17,5-22-23(18,19)20)3-7(9)13-8(4-14)10(15)16/h8,14,17H,2-5,12H2,1H3,(H,15,16)(H,18,19,20)/p-1. The third-order valence-corrected chi connectivity index (χ3v) is 3.49. The summed E-state index contributed by atoms with van der Waals surface area (Å²) in [6.07, 6.45) is -0.623. The van der Waals surface area contributed by atoms with Crippen molar-refractivity contribution in [3.8, 4) is 0 Å². The van der Waals surface area contributed by atoms with E-state index < -0.39 is 41.2 Å². The minimum Gasteiger partial charge on any atom is -0.726 e. The van der Waals surface area contributed by atoms with Gasteiger partial charge >= 0.3 is 0 Å². The molecule has 0 aliphatic heterocycles. The maximum Gasteiger partial charge on any atom is 0.222 e. The van der Waals surface area contributed by atoms with Crippen molar-refractivity contribution in [2.24, 2.45) is 5.73 Å². The molecule has 0 saturated heterocycles. The molecule has 0 spiro atoms. The Hall–Kier alpha value is -1.73. The summed E-state index contributed by atoms with van der Waals surface area (Å²) >= 11 is 0. The molecule has 2 atom stereocenters. The van der Waals surface area contributed by atoms with E-state index in [4.69, 9.17) is 15.6 Å². The number of aliphatic carboxylic acids is 1. The number of carbonyl (C=O) groups excluding carboxylic acids is 1. The zero-order valence-electron chi connectivity index (χ0n) is 12.1. The lowest BCUT2D eigenvalue weighted by Gasteiger charge is -2.32. The van der Waals surface area contributed by atoms with Crippen LogP contribution in [0.4, 0.5) is 0 Å². The summed E-state index contributed by atoms with van der Waals surface area (Å²) in [6, 6.07) is -1.51. The highest BCUT2D eigenvalue weighted by Crippen LogP contribution is 2.28. The van der Waals surface area contributed by atoms with Crippen LogP contribution in [0.25, 0.3) is 0 Å². The van der Waals surface area contributed by atoms with Crippen LogP contribution in [-0.4, -0.2) is 66.8 Å². The molecule has 23 heavy (non-hydrogen) atoms. The zero-order valence-corrected chi connectivity index (χ0v) is 13.0. The Balaban J connectivity index is 3.15. The van der Waals surface area contributed by atoms with Crippen LogP contribution in [0.3, 0.4) is 0 Å². The number of aliphatic hydroxyl groups is 2. The van der Waals surface area contributed by atoms with Gasteiger partial charge in [0.25, 0.3) is 0 Å². The summed E-state index contributed by atoms with van der Waals surface area (Å²) in [6.45, 7) is -1.69. The number of aliphatic hydroxyl groups excluding tert-OH is 1. The number of nitrogens with two attached hydrogens (primary N) is 1. The zero-order chi connectivity index (χ0) is 17.8. The lowest BCUT2D eigenvalue weighted by molar-refractivity contribution is -0.511. The number of hydrogen-bond acceptors (Lipinski definition) is 10. The van der Waals surface area contributed by atoms with E-state index >= 15 is 0 Å². The molecular formula is C11H17N2O9S-. The van der Waals surface area contributed by atoms with Crippen molar-refractivity contribution in [2.75, 3.05) is 20.3 Å². The number of carboxylic acids is 1. The quantitative estimate of drug-likeness (QED) is 0.253. The number of carbonyl (C=O) groups is 1. The molecule has 1 aliphatic rings. The summed E-state index contributed by atoms with van der Waals surface area (Å²) in [5, 5.41) is 30.2. The third kappa shape index (κ3) is 5.44. The van der Waals surface area contributed by atoms with Crippen molar-refractivity contribution in [1.82, 2.24) is 0 Å². The average molecular weight is 353 g/mol. The molecule has 0 bridgehead atoms. The summed E-state index contributed by atoms with van der Waals surface area (Å²) in [7, 11) is -3.78. The van der Waals surface area contributed by atoms with Crippen LogP contribution in [0.5, 0.6) is 0 Å². The lowest BCUT2D eigenvalue weighted by Crippen LogP contribution is -2.86. The Labute approximate surface area is 132 Å². The molecule has 11 nitrogen and oxygen atoms in total. The van der Waals surface area contributed by atoms with Gasteiger partial charge in [0, 0.05) is 6.42 Å². The van der Waals surface area contributed by atoms with E-state index in [1.54, 1.807) is 0 Å². The second-order valence-electron chi connectivity index (χ2n) is 4.98. The van der Waals surface area contributed by atoms with E-state index in [9.17, 15) is 28.0 Å². The number of hydrogen-bond donors (Lipinski definition) is 4. The largest absolute Gasteiger partial charge is 0.726 e. The van der Waals surface area contributed by atoms with Crippen molar-refractivity contribution in [3.63, 3.8) is 0 Å². The summed E-state index contributed by atoms with van der Waals surface area (Å²) in [5.41, 5.74) is 3.81. The van der Waals surface area contributed by atoms with E-state index in [1.165, 1.54) is 7.11 Å². The highest BCUT2D eigenvalue weighted by Gasteiger charge is 2.41. The first-order chi connectivity index (χ1) is 10.5. The Morgan fingerprint density at radius 1 is 1.52 bits per heavy atom. The molecule has 0 radical (unpaired) electrons. The van der Waals surface area contributed by atoms with Crippen LogP contribution in [0.2, 0.25) is 0 Å². The molecule has 132 valence electrons. The molecule has 12 heteroatoms. The van der Waals surface area contributed by atoms with Crippen LogP contribution in [-0.2, 0) is 24.1 Å². The monoisotopic (exact) mass is 353 g/mol. The highest BCUT2D eigenvalue weighted by molar-refractivity contribution is 7.80. The third-order valence-electron chi connectivity index (χ3n) is 3.08. The van der Waals surface area contributed by atoms with Gasteiger partial charge in [0.05, 0.1) is 25.8 Å². The van der Waals surface area contributed by atoms with Gasteiger partial charge in [0.2, 0.25) is 27.9 Å². The smallest absolute Gasteiger partial charge is 0.222 e. The lowest BCUT2D eigenvalue weighted by atomic mass is 9.85. The van der Waals surface area contributed by atoms with Gasteiger partial charge in [-0.3, -0.25) is 4.18 Å². The van der Waals surface area contributed by atoms with Gasteiger partial charge in [-0.25, -0.2) is 13.4 Å². The number of carboxylic acid groups (broad SMARTS) is 1. The molecule has 1 rings (SSSR count). The molecule has 0 aromatic rings.